The van der Waals surface area contributed by atoms with Crippen LogP contribution in [-0.2, 0) is 0 Å². The quantitative estimate of drug-likeness (QED) is 0.352. The molecule has 1 amide bonds. The van der Waals surface area contributed by atoms with Crippen LogP contribution in [-0.4, -0.2) is 87.4 Å². The lowest BCUT2D eigenvalue weighted by Gasteiger charge is -2.40. The summed E-state index contributed by atoms with van der Waals surface area (Å²) < 4.78 is 6.21. The highest BCUT2D eigenvalue weighted by Gasteiger charge is 2.43. The first-order chi connectivity index (χ1) is 19.5. The number of halogens is 1. The maximum Gasteiger partial charge on any atom is 0.407 e. The van der Waals surface area contributed by atoms with E-state index in [0.717, 1.165) is 65.5 Å². The van der Waals surface area contributed by atoms with Gasteiger partial charge < -0.3 is 19.6 Å². The first-order valence-corrected chi connectivity index (χ1v) is 14.3. The second kappa shape index (κ2) is 10.1. The third-order valence-corrected chi connectivity index (χ3v) is 9.04. The predicted octanol–water partition coefficient (Wildman–Crippen LogP) is 5.30. The molecule has 10 heteroatoms. The molecule has 2 aromatic heterocycles. The lowest BCUT2D eigenvalue weighted by Crippen LogP contribution is -2.55. The highest BCUT2D eigenvalue weighted by Crippen LogP contribution is 2.37. The van der Waals surface area contributed by atoms with Gasteiger partial charge in [-0.2, -0.15) is 9.97 Å². The fourth-order valence-electron chi connectivity index (χ4n) is 6.69. The van der Waals surface area contributed by atoms with Gasteiger partial charge in [0, 0.05) is 35.1 Å². The van der Waals surface area contributed by atoms with Crippen molar-refractivity contribution in [2.45, 2.75) is 43.8 Å². The highest BCUT2D eigenvalue weighted by atomic mass is 35.5. The molecule has 40 heavy (non-hydrogen) atoms. The van der Waals surface area contributed by atoms with Crippen LogP contribution in [0.4, 0.5) is 10.6 Å². The van der Waals surface area contributed by atoms with Crippen LogP contribution in [0.15, 0.2) is 48.5 Å². The average Bonchev–Trinajstić information content (AvgIpc) is 3.49. The highest BCUT2D eigenvalue weighted by molar-refractivity contribution is 6.36. The van der Waals surface area contributed by atoms with Crippen LogP contribution in [0.3, 0.4) is 0 Å². The van der Waals surface area contributed by atoms with Gasteiger partial charge in [-0.1, -0.05) is 41.9 Å². The van der Waals surface area contributed by atoms with Crippen LogP contribution in [0, 0.1) is 0 Å². The number of hydrogen-bond donors (Lipinski definition) is 1. The molecule has 9 nitrogen and oxygen atoms in total. The minimum Gasteiger partial charge on any atom is -0.465 e. The number of ether oxygens (including phenoxy) is 1. The Bertz CT molecular complexity index is 1600. The molecule has 7 rings (SSSR count). The molecule has 5 heterocycles. The normalized spacial score (nSPS) is 22.9. The lowest BCUT2D eigenvalue weighted by atomic mass is 10.0. The van der Waals surface area contributed by atoms with E-state index >= 15 is 0 Å². The summed E-state index contributed by atoms with van der Waals surface area (Å²) in [5, 5.41) is 13.3. The predicted molar refractivity (Wildman–Crippen MR) is 155 cm³/mol. The minimum atomic E-state index is -0.843. The number of nitrogens with zero attached hydrogens (tertiary/aromatic N) is 6. The number of aromatic nitrogens is 3. The molecular formula is C30H31ClN6O3. The topological polar surface area (TPSA) is 94.9 Å². The van der Waals surface area contributed by atoms with E-state index in [-0.39, 0.29) is 12.1 Å². The Morgan fingerprint density at radius 2 is 1.80 bits per heavy atom. The third-order valence-electron chi connectivity index (χ3n) is 8.73. The third kappa shape index (κ3) is 4.37. The number of anilines is 1. The molecule has 3 saturated heterocycles. The Hall–Kier alpha value is -3.69. The van der Waals surface area contributed by atoms with Crippen LogP contribution < -0.4 is 9.64 Å². The van der Waals surface area contributed by atoms with E-state index in [9.17, 15) is 9.90 Å². The van der Waals surface area contributed by atoms with E-state index in [4.69, 9.17) is 31.3 Å². The summed E-state index contributed by atoms with van der Waals surface area (Å²) in [5.74, 6) is 0.747. The summed E-state index contributed by atoms with van der Waals surface area (Å²) in [6.45, 7) is 2.74. The van der Waals surface area contributed by atoms with Crippen molar-refractivity contribution in [2.24, 2.45) is 0 Å². The van der Waals surface area contributed by atoms with Gasteiger partial charge in [0.15, 0.2) is 5.65 Å². The van der Waals surface area contributed by atoms with Crippen LogP contribution >= 0.6 is 11.6 Å². The zero-order valence-electron chi connectivity index (χ0n) is 22.3. The van der Waals surface area contributed by atoms with Gasteiger partial charge in [0.2, 0.25) is 0 Å². The second-order valence-corrected chi connectivity index (χ2v) is 11.5. The number of hydrogen-bond acceptors (Lipinski definition) is 7. The molecule has 3 atom stereocenters. The average molecular weight is 559 g/mol. The summed E-state index contributed by atoms with van der Waals surface area (Å²) >= 11 is 6.63. The van der Waals surface area contributed by atoms with E-state index in [2.05, 4.69) is 16.8 Å². The first-order valence-electron chi connectivity index (χ1n) is 13.9. The number of rotatable bonds is 5. The van der Waals surface area contributed by atoms with Crippen LogP contribution in [0.5, 0.6) is 6.01 Å². The molecule has 4 aromatic rings. The number of amides is 1. The number of pyridine rings is 1. The maximum absolute atomic E-state index is 11.9. The van der Waals surface area contributed by atoms with Gasteiger partial charge in [-0.05, 0) is 62.9 Å². The number of piperazine rings is 1. The molecular weight excluding hydrogens is 528 g/mol. The van der Waals surface area contributed by atoms with Crippen LogP contribution in [0.25, 0.3) is 33.1 Å². The number of likely N-dealkylation sites (N-methyl/N-ethyl adjacent to an activating group) is 1. The summed E-state index contributed by atoms with van der Waals surface area (Å²) in [5.41, 5.74) is 2.26. The molecule has 3 fully saturated rings. The molecule has 206 valence electrons. The molecule has 3 aliphatic rings. The van der Waals surface area contributed by atoms with Crippen LogP contribution in [0.2, 0.25) is 5.02 Å². The van der Waals surface area contributed by atoms with Crippen molar-refractivity contribution in [1.29, 1.82) is 0 Å². The summed E-state index contributed by atoms with van der Waals surface area (Å²) in [7, 11) is 2.12. The smallest absolute Gasteiger partial charge is 0.407 e. The Labute approximate surface area is 237 Å². The fraction of sp³-hybridized carbons (Fsp3) is 0.400. The van der Waals surface area contributed by atoms with E-state index in [0.29, 0.717) is 42.4 Å². The fourth-order valence-corrected chi connectivity index (χ4v) is 6.97. The monoisotopic (exact) mass is 558 g/mol. The van der Waals surface area contributed by atoms with Gasteiger partial charge in [0.1, 0.15) is 12.4 Å². The van der Waals surface area contributed by atoms with Gasteiger partial charge in [0.25, 0.3) is 0 Å². The SMILES string of the molecule is CN1CCC[C@H]1COc1nc(N2C[C@H]3CC[C@@H](C2)N3C(=O)O)c2ccc(-c3cccc4cccc(Cl)c34)nc2n1. The van der Waals surface area contributed by atoms with Gasteiger partial charge in [-0.25, -0.2) is 9.78 Å². The molecule has 0 aliphatic carbocycles. The molecule has 0 spiro atoms. The second-order valence-electron chi connectivity index (χ2n) is 11.1. The Kier molecular flexibility index (Phi) is 6.35. The van der Waals surface area contributed by atoms with E-state index in [1.165, 1.54) is 0 Å². The van der Waals surface area contributed by atoms with E-state index in [1.807, 2.05) is 48.5 Å². The van der Waals surface area contributed by atoms with Gasteiger partial charge in [-0.15, -0.1) is 0 Å². The van der Waals surface area contributed by atoms with E-state index < -0.39 is 6.09 Å². The standard InChI is InChI=1S/C30H31ClN6O3/c1-35-14-4-7-21(35)17-40-29-33-27-23(28(34-29)36-15-19-10-11-20(16-36)37(19)30(38)39)12-13-25(32-27)22-8-2-5-18-6-3-9-24(31)26(18)22/h2-3,5-6,8-9,12-13,19-21H,4,7,10-11,14-17H2,1H3,(H,38,39)/t19-,20+,21-/m0/s1. The molecule has 1 N–H and O–H groups in total. The zero-order valence-corrected chi connectivity index (χ0v) is 23.1. The Morgan fingerprint density at radius 1 is 1.02 bits per heavy atom. The number of fused-ring (bicyclic) bond motifs is 4. The maximum atomic E-state index is 11.9. The van der Waals surface area contributed by atoms with Crippen molar-refractivity contribution in [2.75, 3.05) is 38.2 Å². The molecule has 3 aliphatic heterocycles. The molecule has 2 bridgehead atoms. The number of carbonyl (C=O) groups is 1. The molecule has 2 aromatic carbocycles. The Balaban J connectivity index is 1.31. The number of carboxylic acid groups (broad SMARTS) is 1. The van der Waals surface area contributed by atoms with Gasteiger partial charge >= 0.3 is 12.1 Å². The number of benzene rings is 2. The summed E-state index contributed by atoms with van der Waals surface area (Å²) in [6.07, 6.45) is 3.12. The minimum absolute atomic E-state index is 0.0529. The van der Waals surface area contributed by atoms with Crippen LogP contribution in [0.1, 0.15) is 25.7 Å². The number of likely N-dealkylation sites (tertiary alicyclic amines) is 1. The first kappa shape index (κ1) is 25.3. The van der Waals surface area contributed by atoms with Gasteiger partial charge in [-0.3, -0.25) is 4.90 Å². The van der Waals surface area contributed by atoms with Crippen molar-refractivity contribution < 1.29 is 14.6 Å². The summed E-state index contributed by atoms with van der Waals surface area (Å²) in [6, 6.07) is 16.5. The zero-order chi connectivity index (χ0) is 27.4. The van der Waals surface area contributed by atoms with E-state index in [1.54, 1.807) is 4.90 Å². The van der Waals surface area contributed by atoms with Crippen molar-refractivity contribution in [1.82, 2.24) is 24.8 Å². The lowest BCUT2D eigenvalue weighted by molar-refractivity contribution is 0.114. The van der Waals surface area contributed by atoms with Crippen molar-refractivity contribution in [3.63, 3.8) is 0 Å². The molecule has 0 radical (unpaired) electrons. The molecule has 0 unspecified atom stereocenters. The van der Waals surface area contributed by atoms with Crippen molar-refractivity contribution in [3.8, 4) is 17.3 Å². The van der Waals surface area contributed by atoms with Crippen molar-refractivity contribution in [3.05, 3.63) is 53.6 Å². The largest absolute Gasteiger partial charge is 0.465 e. The molecule has 0 saturated carbocycles. The summed E-state index contributed by atoms with van der Waals surface area (Å²) in [4.78, 5) is 32.7. The van der Waals surface area contributed by atoms with Gasteiger partial charge in [0.05, 0.1) is 23.2 Å². The van der Waals surface area contributed by atoms with Crippen molar-refractivity contribution >= 4 is 45.3 Å². The Morgan fingerprint density at radius 3 is 2.52 bits per heavy atom.